The second kappa shape index (κ2) is 6.67. The van der Waals surface area contributed by atoms with Crippen molar-refractivity contribution in [3.8, 4) is 11.9 Å². The summed E-state index contributed by atoms with van der Waals surface area (Å²) in [4.78, 5) is 18.3. The van der Waals surface area contributed by atoms with E-state index in [-0.39, 0.29) is 12.0 Å². The second-order valence-electron chi connectivity index (χ2n) is 5.25. The molecule has 1 unspecified atom stereocenters. The van der Waals surface area contributed by atoms with E-state index in [1.54, 1.807) is 41.3 Å². The minimum atomic E-state index is -0.136. The van der Waals surface area contributed by atoms with Gasteiger partial charge in [0.25, 0.3) is 5.91 Å². The molecule has 1 aromatic carbocycles. The SMILES string of the molecule is N#Cc1ccnc(OC2CCN(C(=O)c3ccccc3Cl)C2)c1. The van der Waals surface area contributed by atoms with Gasteiger partial charge in [0.05, 0.1) is 28.8 Å². The number of hydrogen-bond acceptors (Lipinski definition) is 4. The molecule has 1 aliphatic heterocycles. The van der Waals surface area contributed by atoms with E-state index in [1.807, 2.05) is 6.07 Å². The van der Waals surface area contributed by atoms with Crippen LogP contribution in [0.1, 0.15) is 22.3 Å². The number of carbonyl (C=O) groups is 1. The monoisotopic (exact) mass is 327 g/mol. The second-order valence-corrected chi connectivity index (χ2v) is 5.66. The average Bonchev–Trinajstić information content (AvgIpc) is 3.03. The normalized spacial score (nSPS) is 16.9. The van der Waals surface area contributed by atoms with Crippen LogP contribution in [-0.2, 0) is 0 Å². The van der Waals surface area contributed by atoms with Crippen molar-refractivity contribution in [3.63, 3.8) is 0 Å². The van der Waals surface area contributed by atoms with Gasteiger partial charge in [-0.25, -0.2) is 4.98 Å². The van der Waals surface area contributed by atoms with Crippen molar-refractivity contribution < 1.29 is 9.53 Å². The van der Waals surface area contributed by atoms with Gasteiger partial charge in [0.1, 0.15) is 6.10 Å². The van der Waals surface area contributed by atoms with E-state index >= 15 is 0 Å². The summed E-state index contributed by atoms with van der Waals surface area (Å²) in [7, 11) is 0. The van der Waals surface area contributed by atoms with Crippen LogP contribution >= 0.6 is 11.6 Å². The minimum Gasteiger partial charge on any atom is -0.472 e. The van der Waals surface area contributed by atoms with Gasteiger partial charge in [-0.2, -0.15) is 5.26 Å². The topological polar surface area (TPSA) is 66.2 Å². The molecule has 1 aromatic heterocycles. The molecule has 1 saturated heterocycles. The molecular weight excluding hydrogens is 314 g/mol. The number of amides is 1. The van der Waals surface area contributed by atoms with E-state index in [1.165, 1.54) is 6.20 Å². The van der Waals surface area contributed by atoms with Crippen LogP contribution in [0.5, 0.6) is 5.88 Å². The number of ether oxygens (including phenoxy) is 1. The molecule has 2 aromatic rings. The van der Waals surface area contributed by atoms with Crippen molar-refractivity contribution in [2.24, 2.45) is 0 Å². The molecule has 0 spiro atoms. The summed E-state index contributed by atoms with van der Waals surface area (Å²) in [6.07, 6.45) is 2.12. The third-order valence-electron chi connectivity index (χ3n) is 3.69. The lowest BCUT2D eigenvalue weighted by Crippen LogP contribution is -2.31. The lowest BCUT2D eigenvalue weighted by atomic mass is 10.2. The standard InChI is InChI=1S/C17H14ClN3O2/c18-15-4-2-1-3-14(15)17(22)21-8-6-13(11-21)23-16-9-12(10-19)5-7-20-16/h1-5,7,9,13H,6,8,11H2. The van der Waals surface area contributed by atoms with Crippen LogP contribution in [0, 0.1) is 11.3 Å². The number of nitrogens with zero attached hydrogens (tertiary/aromatic N) is 3. The highest BCUT2D eigenvalue weighted by molar-refractivity contribution is 6.33. The molecule has 116 valence electrons. The van der Waals surface area contributed by atoms with Crippen molar-refractivity contribution >= 4 is 17.5 Å². The highest BCUT2D eigenvalue weighted by atomic mass is 35.5. The summed E-state index contributed by atoms with van der Waals surface area (Å²) in [5.41, 5.74) is 0.997. The Hall–Kier alpha value is -2.58. The Bertz CT molecular complexity index is 772. The van der Waals surface area contributed by atoms with Crippen LogP contribution in [0.2, 0.25) is 5.02 Å². The zero-order valence-electron chi connectivity index (χ0n) is 12.3. The molecule has 1 atom stereocenters. The largest absolute Gasteiger partial charge is 0.472 e. The van der Waals surface area contributed by atoms with Gasteiger partial charge < -0.3 is 9.64 Å². The lowest BCUT2D eigenvalue weighted by molar-refractivity contribution is 0.0771. The zero-order valence-corrected chi connectivity index (χ0v) is 13.0. The number of rotatable bonds is 3. The van der Waals surface area contributed by atoms with Crippen LogP contribution in [0.4, 0.5) is 0 Å². The Morgan fingerprint density at radius 2 is 2.22 bits per heavy atom. The minimum absolute atomic E-state index is 0.0968. The van der Waals surface area contributed by atoms with E-state index in [4.69, 9.17) is 21.6 Å². The van der Waals surface area contributed by atoms with Gasteiger partial charge in [-0.1, -0.05) is 23.7 Å². The maximum atomic E-state index is 12.5. The Morgan fingerprint density at radius 3 is 3.00 bits per heavy atom. The Kier molecular flexibility index (Phi) is 4.45. The van der Waals surface area contributed by atoms with Crippen molar-refractivity contribution in [1.29, 1.82) is 5.26 Å². The summed E-state index contributed by atoms with van der Waals surface area (Å²) in [6, 6.07) is 12.3. The molecule has 2 heterocycles. The quantitative estimate of drug-likeness (QED) is 0.869. The number of pyridine rings is 1. The van der Waals surface area contributed by atoms with Crippen LogP contribution < -0.4 is 4.74 Å². The summed E-state index contributed by atoms with van der Waals surface area (Å²) >= 11 is 6.08. The molecule has 1 amide bonds. The maximum Gasteiger partial charge on any atom is 0.255 e. The first-order valence-corrected chi connectivity index (χ1v) is 7.62. The van der Waals surface area contributed by atoms with Gasteiger partial charge >= 0.3 is 0 Å². The third-order valence-corrected chi connectivity index (χ3v) is 4.02. The predicted molar refractivity (Wildman–Crippen MR) is 85.3 cm³/mol. The molecule has 1 aliphatic rings. The molecule has 0 radical (unpaired) electrons. The number of halogens is 1. The van der Waals surface area contributed by atoms with Gasteiger partial charge in [0, 0.05) is 25.2 Å². The van der Waals surface area contributed by atoms with E-state index < -0.39 is 0 Å². The average molecular weight is 328 g/mol. The van der Waals surface area contributed by atoms with E-state index in [2.05, 4.69) is 4.98 Å². The molecule has 23 heavy (non-hydrogen) atoms. The molecule has 5 nitrogen and oxygen atoms in total. The summed E-state index contributed by atoms with van der Waals surface area (Å²) in [5.74, 6) is 0.307. The first kappa shape index (κ1) is 15.3. The van der Waals surface area contributed by atoms with Gasteiger partial charge in [-0.15, -0.1) is 0 Å². The Morgan fingerprint density at radius 1 is 1.39 bits per heavy atom. The van der Waals surface area contributed by atoms with Crippen LogP contribution in [0.3, 0.4) is 0 Å². The van der Waals surface area contributed by atoms with Gasteiger partial charge in [-0.3, -0.25) is 4.79 Å². The number of carbonyl (C=O) groups excluding carboxylic acids is 1. The Balaban J connectivity index is 1.65. The third kappa shape index (κ3) is 3.43. The number of hydrogen-bond donors (Lipinski definition) is 0. The first-order valence-electron chi connectivity index (χ1n) is 7.24. The fourth-order valence-electron chi connectivity index (χ4n) is 2.53. The fraction of sp³-hybridized carbons (Fsp3) is 0.235. The predicted octanol–water partition coefficient (Wildman–Crippen LogP) is 2.90. The number of nitriles is 1. The van der Waals surface area contributed by atoms with Crippen molar-refractivity contribution in [2.45, 2.75) is 12.5 Å². The lowest BCUT2D eigenvalue weighted by Gasteiger charge is -2.17. The van der Waals surface area contributed by atoms with Gasteiger partial charge in [-0.05, 0) is 18.2 Å². The van der Waals surface area contributed by atoms with E-state index in [0.29, 0.717) is 41.5 Å². The maximum absolute atomic E-state index is 12.5. The molecule has 3 rings (SSSR count). The fourth-order valence-corrected chi connectivity index (χ4v) is 2.74. The van der Waals surface area contributed by atoms with Gasteiger partial charge in [0.15, 0.2) is 0 Å². The van der Waals surface area contributed by atoms with E-state index in [9.17, 15) is 4.79 Å². The van der Waals surface area contributed by atoms with Crippen LogP contribution in [-0.4, -0.2) is 35.0 Å². The highest BCUT2D eigenvalue weighted by Gasteiger charge is 2.29. The van der Waals surface area contributed by atoms with Crippen molar-refractivity contribution in [3.05, 3.63) is 58.7 Å². The number of benzene rings is 1. The molecule has 0 aliphatic carbocycles. The zero-order chi connectivity index (χ0) is 16.2. The molecular formula is C17H14ClN3O2. The Labute approximate surface area is 139 Å². The molecule has 0 saturated carbocycles. The highest BCUT2D eigenvalue weighted by Crippen LogP contribution is 2.22. The van der Waals surface area contributed by atoms with Crippen molar-refractivity contribution in [1.82, 2.24) is 9.88 Å². The van der Waals surface area contributed by atoms with E-state index in [0.717, 1.165) is 0 Å². The van der Waals surface area contributed by atoms with Gasteiger partial charge in [0.2, 0.25) is 5.88 Å². The first-order chi connectivity index (χ1) is 11.2. The number of likely N-dealkylation sites (tertiary alicyclic amines) is 1. The number of aromatic nitrogens is 1. The summed E-state index contributed by atoms with van der Waals surface area (Å²) < 4.78 is 5.78. The molecule has 0 bridgehead atoms. The van der Waals surface area contributed by atoms with Crippen molar-refractivity contribution in [2.75, 3.05) is 13.1 Å². The molecule has 0 N–H and O–H groups in total. The molecule has 1 fully saturated rings. The molecule has 6 heteroatoms. The van der Waals surface area contributed by atoms with Crippen LogP contribution in [0.15, 0.2) is 42.6 Å². The summed E-state index contributed by atoms with van der Waals surface area (Å²) in [5, 5.41) is 9.34. The smallest absolute Gasteiger partial charge is 0.255 e. The van der Waals surface area contributed by atoms with Crippen LogP contribution in [0.25, 0.3) is 0 Å². The summed E-state index contributed by atoms with van der Waals surface area (Å²) in [6.45, 7) is 1.08.